The number of aliphatic imine (C=N–C) groups is 1. The number of hydrogen-bond donors (Lipinski definition) is 3. The minimum atomic E-state index is -0.267. The van der Waals surface area contributed by atoms with E-state index in [4.69, 9.17) is 4.74 Å². The molecule has 0 fully saturated rings. The average molecular weight is 503 g/mol. The summed E-state index contributed by atoms with van der Waals surface area (Å²) in [5, 5.41) is 9.02. The Bertz CT molecular complexity index is 703. The van der Waals surface area contributed by atoms with Crippen LogP contribution in [-0.4, -0.2) is 56.6 Å². The number of ether oxygens (including phenoxy) is 1. The molecular weight excluding hydrogens is 473 g/mol. The van der Waals surface area contributed by atoms with E-state index >= 15 is 0 Å². The monoisotopic (exact) mass is 503 g/mol. The fourth-order valence-electron chi connectivity index (χ4n) is 2.69. The third-order valence-electron chi connectivity index (χ3n) is 3.81. The third kappa shape index (κ3) is 7.53. The number of rotatable bonds is 6. The molecule has 28 heavy (non-hydrogen) atoms. The van der Waals surface area contributed by atoms with E-state index in [-0.39, 0.29) is 54.5 Å². The number of carbonyl (C=O) groups excluding carboxylic acids is 2. The minimum absolute atomic E-state index is 0. The predicted molar refractivity (Wildman–Crippen MR) is 122 cm³/mol. The lowest BCUT2D eigenvalue weighted by Gasteiger charge is -2.29. The number of nitrogens with zero attached hydrogens (tertiary/aromatic N) is 2. The number of benzene rings is 1. The Balaban J connectivity index is 0.00000392. The van der Waals surface area contributed by atoms with Gasteiger partial charge in [-0.25, -0.2) is 0 Å². The second-order valence-corrected chi connectivity index (χ2v) is 7.31. The molecule has 0 atom stereocenters. The van der Waals surface area contributed by atoms with Gasteiger partial charge in [-0.1, -0.05) is 12.1 Å². The van der Waals surface area contributed by atoms with Gasteiger partial charge in [0.05, 0.1) is 12.2 Å². The summed E-state index contributed by atoms with van der Waals surface area (Å²) in [6, 6.07) is 7.52. The fourth-order valence-corrected chi connectivity index (χ4v) is 2.69. The summed E-state index contributed by atoms with van der Waals surface area (Å²) in [4.78, 5) is 29.8. The number of para-hydroxylation sites is 2. The number of hydrogen-bond acceptors (Lipinski definition) is 4. The molecule has 1 aliphatic heterocycles. The molecule has 0 aromatic heterocycles. The van der Waals surface area contributed by atoms with Gasteiger partial charge in [0.25, 0.3) is 5.91 Å². The smallest absolute Gasteiger partial charge is 0.265 e. The molecule has 1 aliphatic rings. The van der Waals surface area contributed by atoms with Crippen LogP contribution in [0.25, 0.3) is 0 Å². The van der Waals surface area contributed by atoms with Crippen LogP contribution in [0.1, 0.15) is 27.2 Å². The first kappa shape index (κ1) is 24.0. The van der Waals surface area contributed by atoms with Gasteiger partial charge in [-0.2, -0.15) is 0 Å². The number of amides is 2. The van der Waals surface area contributed by atoms with E-state index in [2.05, 4.69) is 20.9 Å². The highest BCUT2D eigenvalue weighted by Crippen LogP contribution is 2.31. The van der Waals surface area contributed by atoms with Gasteiger partial charge in [0.15, 0.2) is 12.6 Å². The number of fused-ring (bicyclic) bond motifs is 1. The third-order valence-corrected chi connectivity index (χ3v) is 3.81. The van der Waals surface area contributed by atoms with Crippen LogP contribution >= 0.6 is 24.0 Å². The highest BCUT2D eigenvalue weighted by atomic mass is 127. The largest absolute Gasteiger partial charge is 0.482 e. The van der Waals surface area contributed by atoms with Gasteiger partial charge in [0.2, 0.25) is 5.91 Å². The zero-order chi connectivity index (χ0) is 19.9. The number of anilines is 1. The van der Waals surface area contributed by atoms with Crippen molar-refractivity contribution in [2.75, 3.05) is 38.2 Å². The molecule has 0 radical (unpaired) electrons. The first-order valence-electron chi connectivity index (χ1n) is 9.08. The van der Waals surface area contributed by atoms with Crippen LogP contribution in [0.15, 0.2) is 29.3 Å². The molecule has 0 saturated carbocycles. The second kappa shape index (κ2) is 11.1. The van der Waals surface area contributed by atoms with E-state index in [9.17, 15) is 9.59 Å². The van der Waals surface area contributed by atoms with Crippen molar-refractivity contribution in [3.8, 4) is 5.75 Å². The zero-order valence-corrected chi connectivity index (χ0v) is 19.2. The van der Waals surface area contributed by atoms with Crippen molar-refractivity contribution in [3.63, 3.8) is 0 Å². The Morgan fingerprint density at radius 3 is 2.64 bits per heavy atom. The predicted octanol–water partition coefficient (Wildman–Crippen LogP) is 1.50. The quantitative estimate of drug-likeness (QED) is 0.237. The molecule has 0 spiro atoms. The summed E-state index contributed by atoms with van der Waals surface area (Å²) in [6.07, 6.45) is 0.731. The van der Waals surface area contributed by atoms with E-state index in [1.165, 1.54) is 0 Å². The van der Waals surface area contributed by atoms with Crippen LogP contribution < -0.4 is 25.6 Å². The molecule has 1 aromatic carbocycles. The van der Waals surface area contributed by atoms with Gasteiger partial charge in [0, 0.05) is 25.7 Å². The fraction of sp³-hybridized carbons (Fsp3) is 0.526. The van der Waals surface area contributed by atoms with Crippen molar-refractivity contribution in [2.45, 2.75) is 32.7 Å². The van der Waals surface area contributed by atoms with Crippen LogP contribution in [-0.2, 0) is 9.59 Å². The van der Waals surface area contributed by atoms with E-state index in [1.807, 2.05) is 45.0 Å². The summed E-state index contributed by atoms with van der Waals surface area (Å²) in [7, 11) is 1.65. The van der Waals surface area contributed by atoms with Crippen LogP contribution in [0.5, 0.6) is 5.75 Å². The molecule has 2 amide bonds. The van der Waals surface area contributed by atoms with E-state index in [0.717, 1.165) is 17.9 Å². The summed E-state index contributed by atoms with van der Waals surface area (Å²) in [5.74, 6) is 1.14. The van der Waals surface area contributed by atoms with Crippen LogP contribution in [0.3, 0.4) is 0 Å². The second-order valence-electron chi connectivity index (χ2n) is 7.31. The maximum atomic E-state index is 12.1. The summed E-state index contributed by atoms with van der Waals surface area (Å²) >= 11 is 0. The van der Waals surface area contributed by atoms with Gasteiger partial charge in [-0.05, 0) is 39.3 Å². The molecule has 1 heterocycles. The standard InChI is InChI=1S/C19H29N5O3.HI/c1-19(2,3)23-16(25)12-22-18(20-4)21-10-7-11-24-14-8-5-6-9-15(14)27-13-17(24)26;/h5-6,8-9H,7,10-13H2,1-4H3,(H,23,25)(H2,20,21,22);1H. The first-order chi connectivity index (χ1) is 12.8. The van der Waals surface area contributed by atoms with Crippen molar-refractivity contribution in [1.82, 2.24) is 16.0 Å². The number of guanidine groups is 1. The average Bonchev–Trinajstić information content (AvgIpc) is 2.61. The lowest BCUT2D eigenvalue weighted by Crippen LogP contribution is -2.48. The molecule has 2 rings (SSSR count). The van der Waals surface area contributed by atoms with Gasteiger partial charge < -0.3 is 25.6 Å². The van der Waals surface area contributed by atoms with Crippen LogP contribution in [0.4, 0.5) is 5.69 Å². The molecule has 156 valence electrons. The maximum Gasteiger partial charge on any atom is 0.265 e. The van der Waals surface area contributed by atoms with E-state index in [1.54, 1.807) is 11.9 Å². The van der Waals surface area contributed by atoms with Crippen molar-refractivity contribution < 1.29 is 14.3 Å². The molecule has 0 saturated heterocycles. The maximum absolute atomic E-state index is 12.1. The first-order valence-corrected chi connectivity index (χ1v) is 9.08. The topological polar surface area (TPSA) is 95.1 Å². The molecule has 0 aliphatic carbocycles. The van der Waals surface area contributed by atoms with Crippen LogP contribution in [0.2, 0.25) is 0 Å². The lowest BCUT2D eigenvalue weighted by molar-refractivity contribution is -0.122. The number of nitrogens with one attached hydrogen (secondary N) is 3. The molecule has 3 N–H and O–H groups in total. The molecule has 9 heteroatoms. The number of halogens is 1. The Morgan fingerprint density at radius 1 is 1.25 bits per heavy atom. The van der Waals surface area contributed by atoms with Crippen molar-refractivity contribution in [3.05, 3.63) is 24.3 Å². The molecule has 1 aromatic rings. The molecular formula is C19H30IN5O3. The Morgan fingerprint density at radius 2 is 1.96 bits per heavy atom. The molecule has 0 unspecified atom stereocenters. The van der Waals surface area contributed by atoms with Gasteiger partial charge >= 0.3 is 0 Å². The number of carbonyl (C=O) groups is 2. The van der Waals surface area contributed by atoms with Gasteiger partial charge in [-0.15, -0.1) is 24.0 Å². The van der Waals surface area contributed by atoms with Crippen LogP contribution in [0, 0.1) is 0 Å². The molecule has 0 bridgehead atoms. The van der Waals surface area contributed by atoms with Crippen molar-refractivity contribution in [1.29, 1.82) is 0 Å². The van der Waals surface area contributed by atoms with Crippen molar-refractivity contribution >= 4 is 47.4 Å². The minimum Gasteiger partial charge on any atom is -0.482 e. The molecule has 8 nitrogen and oxygen atoms in total. The SMILES string of the molecule is CN=C(NCCCN1C(=O)COc2ccccc21)NCC(=O)NC(C)(C)C.I. The Hall–Kier alpha value is -2.04. The highest BCUT2D eigenvalue weighted by Gasteiger charge is 2.24. The Kier molecular flexibility index (Phi) is 9.50. The summed E-state index contributed by atoms with van der Waals surface area (Å²) < 4.78 is 5.44. The lowest BCUT2D eigenvalue weighted by atomic mass is 10.1. The van der Waals surface area contributed by atoms with E-state index in [0.29, 0.717) is 19.0 Å². The van der Waals surface area contributed by atoms with Crippen molar-refractivity contribution in [2.24, 2.45) is 4.99 Å². The summed E-state index contributed by atoms with van der Waals surface area (Å²) in [6.45, 7) is 7.21. The zero-order valence-electron chi connectivity index (χ0n) is 16.9. The summed E-state index contributed by atoms with van der Waals surface area (Å²) in [5.41, 5.74) is 0.534. The highest BCUT2D eigenvalue weighted by molar-refractivity contribution is 14.0. The van der Waals surface area contributed by atoms with Gasteiger partial charge in [0.1, 0.15) is 5.75 Å². The van der Waals surface area contributed by atoms with Gasteiger partial charge in [-0.3, -0.25) is 14.6 Å². The normalized spacial score (nSPS) is 13.8. The van der Waals surface area contributed by atoms with E-state index < -0.39 is 0 Å². The Labute approximate surface area is 183 Å².